The molecule has 9 N–H and O–H groups in total. The number of ether oxygens (including phenoxy) is 2. The Morgan fingerprint density at radius 3 is 2.50 bits per heavy atom. The molecule has 1 atom stereocenters. The number of fused-ring (bicyclic) bond motifs is 4. The summed E-state index contributed by atoms with van der Waals surface area (Å²) in [4.78, 5) is 73.7. The number of nitrogens with zero attached hydrogens (tertiary/aromatic N) is 6. The highest BCUT2D eigenvalue weighted by Crippen LogP contribution is 2.32. The van der Waals surface area contributed by atoms with Crippen LogP contribution in [0.4, 0.5) is 17.5 Å². The number of carbonyl (C=O) groups excluding carboxylic acids is 2. The molecule has 2 aromatic carbocycles. The maximum atomic E-state index is 12.9. The molecule has 0 spiro atoms. The largest absolute Gasteiger partial charge is 0.480 e. The quantitative estimate of drug-likeness (QED) is 0.0450. The lowest BCUT2D eigenvalue weighted by atomic mass is 9.94. The molecular weight excluding hydrogens is 797 g/mol. The van der Waals surface area contributed by atoms with E-state index in [1.54, 1.807) is 12.1 Å². The van der Waals surface area contributed by atoms with Crippen molar-refractivity contribution in [3.63, 3.8) is 0 Å². The van der Waals surface area contributed by atoms with E-state index in [1.807, 2.05) is 18.2 Å². The molecule has 0 fully saturated rings. The third kappa shape index (κ3) is 11.8. The summed E-state index contributed by atoms with van der Waals surface area (Å²) in [5.41, 5.74) is 15.3. The highest BCUT2D eigenvalue weighted by Gasteiger charge is 2.25. The van der Waals surface area contributed by atoms with E-state index < -0.39 is 23.5 Å². The summed E-state index contributed by atoms with van der Waals surface area (Å²) >= 11 is 0. The Hall–Kier alpha value is -6.73. The van der Waals surface area contributed by atoms with E-state index in [0.717, 1.165) is 47.0 Å². The summed E-state index contributed by atoms with van der Waals surface area (Å²) < 4.78 is 14.1. The van der Waals surface area contributed by atoms with Gasteiger partial charge in [0.1, 0.15) is 17.4 Å². The number of nitrogen functional groups attached to an aromatic ring is 2. The normalized spacial score (nSPS) is 12.2. The van der Waals surface area contributed by atoms with Crippen molar-refractivity contribution in [3.8, 4) is 0 Å². The first-order valence-electron chi connectivity index (χ1n) is 20.7. The molecule has 0 saturated heterocycles. The van der Waals surface area contributed by atoms with Crippen LogP contribution in [0.3, 0.4) is 0 Å². The van der Waals surface area contributed by atoms with Gasteiger partial charge in [0.05, 0.1) is 42.7 Å². The highest BCUT2D eigenvalue weighted by atomic mass is 16.5. The van der Waals surface area contributed by atoms with Gasteiger partial charge in [-0.25, -0.2) is 24.7 Å². The number of aliphatic carboxylic acids is 1. The first-order chi connectivity index (χ1) is 29.8. The number of carboxylic acids is 1. The molecule has 62 heavy (non-hydrogen) atoms. The van der Waals surface area contributed by atoms with E-state index in [0.29, 0.717) is 50.0 Å². The van der Waals surface area contributed by atoms with Crippen LogP contribution in [-0.4, -0.2) is 96.4 Å². The summed E-state index contributed by atoms with van der Waals surface area (Å²) in [5.74, 6) is -0.826. The maximum absolute atomic E-state index is 12.9. The molecule has 4 heterocycles. The van der Waals surface area contributed by atoms with Gasteiger partial charge in [0.2, 0.25) is 11.9 Å². The van der Waals surface area contributed by atoms with Gasteiger partial charge in [-0.3, -0.25) is 19.4 Å². The van der Waals surface area contributed by atoms with Crippen molar-refractivity contribution in [1.82, 2.24) is 45.1 Å². The number of para-hydroxylation sites is 1. The summed E-state index contributed by atoms with van der Waals surface area (Å²) in [5, 5.41) is 19.1. The number of H-pyrrole nitrogens is 1. The van der Waals surface area contributed by atoms with Gasteiger partial charge >= 0.3 is 5.97 Å². The number of carboxylic acid groups (broad SMARTS) is 1. The molecular formula is C43H54N12O7. The second kappa shape index (κ2) is 20.7. The fourth-order valence-corrected chi connectivity index (χ4v) is 6.90. The van der Waals surface area contributed by atoms with Crippen molar-refractivity contribution in [2.24, 2.45) is 5.41 Å². The number of imidazole rings is 1. The Labute approximate surface area is 357 Å². The van der Waals surface area contributed by atoms with Gasteiger partial charge in [-0.15, -0.1) is 0 Å². The van der Waals surface area contributed by atoms with Gasteiger partial charge in [0.15, 0.2) is 17.0 Å². The average Bonchev–Trinajstić information content (AvgIpc) is 3.60. The topological polar surface area (TPSA) is 280 Å². The molecule has 0 aliphatic heterocycles. The summed E-state index contributed by atoms with van der Waals surface area (Å²) in [7, 11) is 0. The Bertz CT molecular complexity index is 2580. The monoisotopic (exact) mass is 850 g/mol. The van der Waals surface area contributed by atoms with E-state index in [4.69, 9.17) is 25.9 Å². The third-order valence-corrected chi connectivity index (χ3v) is 10.0. The van der Waals surface area contributed by atoms with Gasteiger partial charge < -0.3 is 46.6 Å². The van der Waals surface area contributed by atoms with E-state index in [2.05, 4.69) is 72.3 Å². The van der Waals surface area contributed by atoms with Crippen LogP contribution in [-0.2, 0) is 38.6 Å². The first kappa shape index (κ1) is 44.8. The molecule has 6 rings (SSSR count). The lowest BCUT2D eigenvalue weighted by Gasteiger charge is -2.26. The van der Waals surface area contributed by atoms with Crippen LogP contribution in [0, 0.1) is 5.41 Å². The number of hydrogen-bond acceptors (Lipinski definition) is 14. The second-order valence-corrected chi connectivity index (χ2v) is 15.8. The summed E-state index contributed by atoms with van der Waals surface area (Å²) in [6, 6.07) is 13.1. The molecule has 19 heteroatoms. The Balaban J connectivity index is 0.862. The zero-order valence-corrected chi connectivity index (χ0v) is 35.2. The summed E-state index contributed by atoms with van der Waals surface area (Å²) in [6.45, 7) is 9.46. The first-order valence-corrected chi connectivity index (χ1v) is 20.7. The number of aromatic nitrogens is 7. The van der Waals surface area contributed by atoms with Crippen molar-refractivity contribution in [1.29, 1.82) is 0 Å². The molecule has 1 unspecified atom stereocenters. The minimum Gasteiger partial charge on any atom is -0.480 e. The fourth-order valence-electron chi connectivity index (χ4n) is 6.90. The molecule has 0 bridgehead atoms. The SMILES string of the molecule is CCCCc1nc2c(N)nc3ccccc3c2n1CC(C)(C)COCCCOCCNC(=O)CCC(NC(=O)c1ccc(NCc2cnc3nc(N)[nH]c(=O)c3n2)cc1)C(=O)O. The second-order valence-electron chi connectivity index (χ2n) is 15.8. The maximum Gasteiger partial charge on any atom is 0.326 e. The molecule has 0 aliphatic rings. The number of unbranched alkanes of at least 4 members (excludes halogenated alkanes) is 1. The molecule has 2 amide bonds. The Kier molecular flexibility index (Phi) is 15.0. The molecule has 19 nitrogen and oxygen atoms in total. The van der Waals surface area contributed by atoms with Crippen molar-refractivity contribution in [3.05, 3.63) is 82.2 Å². The summed E-state index contributed by atoms with van der Waals surface area (Å²) in [6.07, 6.45) is 4.86. The lowest BCUT2D eigenvalue weighted by Crippen LogP contribution is -2.41. The smallest absolute Gasteiger partial charge is 0.326 e. The van der Waals surface area contributed by atoms with Crippen molar-refractivity contribution in [2.45, 2.75) is 78.4 Å². The van der Waals surface area contributed by atoms with Crippen LogP contribution in [0.15, 0.2) is 59.5 Å². The predicted octanol–water partition coefficient (Wildman–Crippen LogP) is 3.96. The van der Waals surface area contributed by atoms with Crippen molar-refractivity contribution >= 4 is 68.3 Å². The standard InChI is InChI=1S/C43H54N12O7/c1-4-5-11-32-52-34-36(29-9-6-7-10-30(29)50-37(34)44)55(32)24-43(2,3)25-62-20-8-19-61-21-18-46-33(56)17-16-31(41(59)60)51-39(57)26-12-14-27(15-13-26)47-22-28-23-48-38-35(49-28)40(58)54-42(45)53-38/h6-7,9-10,12-15,23,31,47H,4-5,8,11,16-22,24-25H2,1-3H3,(H2,44,50)(H,46,56)(H,51,57)(H,59,60)(H3,45,48,53,54,58). The molecule has 4 aromatic heterocycles. The van der Waals surface area contributed by atoms with E-state index >= 15 is 0 Å². The van der Waals surface area contributed by atoms with Crippen LogP contribution in [0.1, 0.15) is 74.8 Å². The highest BCUT2D eigenvalue weighted by molar-refractivity contribution is 6.06. The minimum absolute atomic E-state index is 0.0532. The molecule has 0 radical (unpaired) electrons. The van der Waals surface area contributed by atoms with Gasteiger partial charge in [-0.2, -0.15) is 4.98 Å². The Morgan fingerprint density at radius 1 is 0.952 bits per heavy atom. The zero-order valence-electron chi connectivity index (χ0n) is 35.2. The number of anilines is 3. The number of benzene rings is 2. The minimum atomic E-state index is -1.27. The number of rotatable bonds is 23. The van der Waals surface area contributed by atoms with Crippen LogP contribution >= 0.6 is 0 Å². The number of hydrogen-bond donors (Lipinski definition) is 7. The van der Waals surface area contributed by atoms with Gasteiger partial charge in [0.25, 0.3) is 11.5 Å². The molecule has 0 aliphatic carbocycles. The molecule has 328 valence electrons. The number of nitrogens with one attached hydrogen (secondary N) is 4. The van der Waals surface area contributed by atoms with Crippen molar-refractivity contribution in [2.75, 3.05) is 49.8 Å². The van der Waals surface area contributed by atoms with Gasteiger partial charge in [0, 0.05) is 61.2 Å². The van der Waals surface area contributed by atoms with Crippen LogP contribution in [0.25, 0.3) is 33.1 Å². The number of aryl methyl sites for hydroxylation is 1. The predicted molar refractivity (Wildman–Crippen MR) is 235 cm³/mol. The van der Waals surface area contributed by atoms with Crippen LogP contribution in [0.2, 0.25) is 0 Å². The number of carbonyl (C=O) groups is 3. The molecule has 0 saturated carbocycles. The average molecular weight is 851 g/mol. The molecule has 6 aromatic rings. The van der Waals surface area contributed by atoms with Crippen LogP contribution in [0.5, 0.6) is 0 Å². The van der Waals surface area contributed by atoms with E-state index in [9.17, 15) is 24.3 Å². The number of pyridine rings is 1. The van der Waals surface area contributed by atoms with Crippen LogP contribution < -0.4 is 33.0 Å². The number of aromatic amines is 1. The van der Waals surface area contributed by atoms with Gasteiger partial charge in [-0.05, 0) is 49.6 Å². The van der Waals surface area contributed by atoms with Gasteiger partial charge in [-0.1, -0.05) is 45.4 Å². The van der Waals surface area contributed by atoms with E-state index in [-0.39, 0.29) is 66.5 Å². The van der Waals surface area contributed by atoms with E-state index in [1.165, 1.54) is 18.3 Å². The fraction of sp³-hybridized carbons (Fsp3) is 0.419. The Morgan fingerprint density at radius 2 is 1.73 bits per heavy atom. The number of nitrogens with two attached hydrogens (primary N) is 2. The zero-order chi connectivity index (χ0) is 44.2. The number of amides is 2. The lowest BCUT2D eigenvalue weighted by molar-refractivity contribution is -0.139. The van der Waals surface area contributed by atoms with Crippen molar-refractivity contribution < 1.29 is 29.0 Å². The third-order valence-electron chi connectivity index (χ3n) is 10.0.